The van der Waals surface area contributed by atoms with Gasteiger partial charge in [0.15, 0.2) is 0 Å². The predicted octanol–water partition coefficient (Wildman–Crippen LogP) is 2.62. The lowest BCUT2D eigenvalue weighted by Gasteiger charge is -2.26. The Morgan fingerprint density at radius 2 is 2.14 bits per heavy atom. The summed E-state index contributed by atoms with van der Waals surface area (Å²) in [5.74, 6) is 2.04. The smallest absolute Gasteiger partial charge is 0.272 e. The van der Waals surface area contributed by atoms with E-state index in [-0.39, 0.29) is 5.91 Å². The minimum absolute atomic E-state index is 0.00810. The van der Waals surface area contributed by atoms with Crippen LogP contribution in [-0.2, 0) is 6.54 Å². The van der Waals surface area contributed by atoms with E-state index in [1.54, 1.807) is 19.3 Å². The molecule has 1 amide bonds. The molecule has 1 saturated heterocycles. The number of anilines is 1. The maximum absolute atomic E-state index is 12.5. The summed E-state index contributed by atoms with van der Waals surface area (Å²) in [6.07, 6.45) is 4.97. The minimum atomic E-state index is -0.00810. The molecule has 2 aromatic heterocycles. The first kappa shape index (κ1) is 14.6. The van der Waals surface area contributed by atoms with E-state index in [1.165, 1.54) is 6.42 Å². The van der Waals surface area contributed by atoms with Crippen LogP contribution >= 0.6 is 0 Å². The molecule has 0 atom stereocenters. The van der Waals surface area contributed by atoms with Crippen molar-refractivity contribution in [3.63, 3.8) is 0 Å². The Kier molecular flexibility index (Phi) is 4.37. The first-order valence-electron chi connectivity index (χ1n) is 7.63. The average molecular weight is 300 g/mol. The van der Waals surface area contributed by atoms with Crippen molar-refractivity contribution in [1.82, 2.24) is 14.9 Å². The van der Waals surface area contributed by atoms with Crippen molar-refractivity contribution in [3.8, 4) is 0 Å². The van der Waals surface area contributed by atoms with Gasteiger partial charge in [0, 0.05) is 19.2 Å². The summed E-state index contributed by atoms with van der Waals surface area (Å²) < 4.78 is 5.28. The van der Waals surface area contributed by atoms with Crippen molar-refractivity contribution in [2.75, 3.05) is 18.4 Å². The number of nitrogens with zero attached hydrogens (tertiary/aromatic N) is 3. The standard InChI is InChI=1S/C16H20N4O2/c1-12-18-14(16(21)20-7-3-2-4-8-20)10-15(19-12)17-11-13-6-5-9-22-13/h5-6,9-10H,2-4,7-8,11H2,1H3,(H,17,18,19). The highest BCUT2D eigenvalue weighted by Crippen LogP contribution is 2.15. The molecule has 2 aromatic rings. The van der Waals surface area contributed by atoms with Crippen LogP contribution in [0.25, 0.3) is 0 Å². The fourth-order valence-corrected chi connectivity index (χ4v) is 2.62. The number of nitrogens with one attached hydrogen (secondary N) is 1. The van der Waals surface area contributed by atoms with Gasteiger partial charge < -0.3 is 14.6 Å². The number of carbonyl (C=O) groups excluding carboxylic acids is 1. The van der Waals surface area contributed by atoms with E-state index in [0.29, 0.717) is 23.9 Å². The van der Waals surface area contributed by atoms with Crippen LogP contribution in [-0.4, -0.2) is 33.9 Å². The number of aromatic nitrogens is 2. The number of rotatable bonds is 4. The van der Waals surface area contributed by atoms with Gasteiger partial charge in [0.2, 0.25) is 0 Å². The SMILES string of the molecule is Cc1nc(NCc2ccco2)cc(C(=O)N2CCCCC2)n1. The third kappa shape index (κ3) is 3.44. The maximum Gasteiger partial charge on any atom is 0.272 e. The van der Waals surface area contributed by atoms with E-state index in [9.17, 15) is 4.79 Å². The summed E-state index contributed by atoms with van der Waals surface area (Å²) >= 11 is 0. The third-order valence-corrected chi connectivity index (χ3v) is 3.72. The van der Waals surface area contributed by atoms with Crippen LogP contribution < -0.4 is 5.32 Å². The summed E-state index contributed by atoms with van der Waals surface area (Å²) in [5.41, 5.74) is 0.455. The number of piperidine rings is 1. The van der Waals surface area contributed by atoms with Crippen molar-refractivity contribution in [2.45, 2.75) is 32.7 Å². The highest BCUT2D eigenvalue weighted by Gasteiger charge is 2.20. The summed E-state index contributed by atoms with van der Waals surface area (Å²) in [6.45, 7) is 3.96. The number of amides is 1. The Labute approximate surface area is 129 Å². The average Bonchev–Trinajstić information content (AvgIpc) is 3.06. The Morgan fingerprint density at radius 1 is 1.32 bits per heavy atom. The normalized spacial score (nSPS) is 14.9. The molecule has 6 nitrogen and oxygen atoms in total. The Balaban J connectivity index is 1.72. The van der Waals surface area contributed by atoms with E-state index in [1.807, 2.05) is 17.0 Å². The van der Waals surface area contributed by atoms with Crippen LogP contribution in [0.15, 0.2) is 28.9 Å². The van der Waals surface area contributed by atoms with Gasteiger partial charge in [-0.15, -0.1) is 0 Å². The zero-order valence-corrected chi connectivity index (χ0v) is 12.7. The molecule has 1 aliphatic rings. The first-order valence-corrected chi connectivity index (χ1v) is 7.63. The molecule has 0 bridgehead atoms. The number of hydrogen-bond acceptors (Lipinski definition) is 5. The molecular weight excluding hydrogens is 280 g/mol. The first-order chi connectivity index (χ1) is 10.7. The van der Waals surface area contributed by atoms with E-state index >= 15 is 0 Å². The zero-order chi connectivity index (χ0) is 15.4. The van der Waals surface area contributed by atoms with Gasteiger partial charge in [0.1, 0.15) is 23.1 Å². The van der Waals surface area contributed by atoms with E-state index in [0.717, 1.165) is 31.7 Å². The lowest BCUT2D eigenvalue weighted by atomic mass is 10.1. The van der Waals surface area contributed by atoms with Gasteiger partial charge in [0.25, 0.3) is 5.91 Å². The molecule has 3 rings (SSSR count). The molecular formula is C16H20N4O2. The predicted molar refractivity (Wildman–Crippen MR) is 82.6 cm³/mol. The quantitative estimate of drug-likeness (QED) is 0.939. The lowest BCUT2D eigenvalue weighted by molar-refractivity contribution is 0.0718. The molecule has 0 aromatic carbocycles. The van der Waals surface area contributed by atoms with Crippen molar-refractivity contribution in [2.24, 2.45) is 0 Å². The van der Waals surface area contributed by atoms with Crippen LogP contribution in [0.4, 0.5) is 5.82 Å². The summed E-state index contributed by atoms with van der Waals surface area (Å²) in [7, 11) is 0. The molecule has 1 fully saturated rings. The Bertz CT molecular complexity index is 634. The molecule has 1 N–H and O–H groups in total. The van der Waals surface area contributed by atoms with Crippen molar-refractivity contribution in [1.29, 1.82) is 0 Å². The molecule has 3 heterocycles. The number of furan rings is 1. The second-order valence-electron chi connectivity index (χ2n) is 5.47. The third-order valence-electron chi connectivity index (χ3n) is 3.72. The number of aryl methyl sites for hydroxylation is 1. The van der Waals surface area contributed by atoms with Crippen LogP contribution in [0.1, 0.15) is 41.3 Å². The van der Waals surface area contributed by atoms with E-state index in [2.05, 4.69) is 15.3 Å². The number of carbonyl (C=O) groups is 1. The molecule has 0 unspecified atom stereocenters. The molecule has 0 spiro atoms. The van der Waals surface area contributed by atoms with Gasteiger partial charge in [-0.25, -0.2) is 9.97 Å². The van der Waals surface area contributed by atoms with Gasteiger partial charge in [0.05, 0.1) is 12.8 Å². The van der Waals surface area contributed by atoms with Crippen molar-refractivity contribution in [3.05, 3.63) is 41.7 Å². The Hall–Kier alpha value is -2.37. The number of likely N-dealkylation sites (tertiary alicyclic amines) is 1. The second kappa shape index (κ2) is 6.60. The molecule has 0 aliphatic carbocycles. The largest absolute Gasteiger partial charge is 0.467 e. The summed E-state index contributed by atoms with van der Waals surface area (Å²) in [4.78, 5) is 23.0. The van der Waals surface area contributed by atoms with Gasteiger partial charge in [-0.2, -0.15) is 0 Å². The minimum Gasteiger partial charge on any atom is -0.467 e. The van der Waals surface area contributed by atoms with Gasteiger partial charge in [-0.05, 0) is 38.3 Å². The van der Waals surface area contributed by atoms with Crippen LogP contribution in [0, 0.1) is 6.92 Å². The van der Waals surface area contributed by atoms with E-state index < -0.39 is 0 Å². The maximum atomic E-state index is 12.5. The van der Waals surface area contributed by atoms with Gasteiger partial charge in [-0.1, -0.05) is 0 Å². The fourth-order valence-electron chi connectivity index (χ4n) is 2.62. The zero-order valence-electron chi connectivity index (χ0n) is 12.7. The second-order valence-corrected chi connectivity index (χ2v) is 5.47. The molecule has 0 saturated carbocycles. The fraction of sp³-hybridized carbons (Fsp3) is 0.438. The van der Waals surface area contributed by atoms with Crippen LogP contribution in [0.3, 0.4) is 0 Å². The highest BCUT2D eigenvalue weighted by atomic mass is 16.3. The van der Waals surface area contributed by atoms with E-state index in [4.69, 9.17) is 4.42 Å². The summed E-state index contributed by atoms with van der Waals surface area (Å²) in [5, 5.41) is 3.17. The van der Waals surface area contributed by atoms with Gasteiger partial charge >= 0.3 is 0 Å². The van der Waals surface area contributed by atoms with Crippen LogP contribution in [0.5, 0.6) is 0 Å². The molecule has 0 radical (unpaired) electrons. The topological polar surface area (TPSA) is 71.3 Å². The lowest BCUT2D eigenvalue weighted by Crippen LogP contribution is -2.36. The highest BCUT2D eigenvalue weighted by molar-refractivity contribution is 5.93. The molecule has 1 aliphatic heterocycles. The van der Waals surface area contributed by atoms with Crippen molar-refractivity contribution >= 4 is 11.7 Å². The van der Waals surface area contributed by atoms with Crippen molar-refractivity contribution < 1.29 is 9.21 Å². The molecule has 116 valence electrons. The Morgan fingerprint density at radius 3 is 2.86 bits per heavy atom. The van der Waals surface area contributed by atoms with Crippen LogP contribution in [0.2, 0.25) is 0 Å². The summed E-state index contributed by atoms with van der Waals surface area (Å²) in [6, 6.07) is 5.45. The molecule has 22 heavy (non-hydrogen) atoms. The monoisotopic (exact) mass is 300 g/mol. The number of hydrogen-bond donors (Lipinski definition) is 1. The van der Waals surface area contributed by atoms with Gasteiger partial charge in [-0.3, -0.25) is 4.79 Å². The molecule has 6 heteroatoms.